The van der Waals surface area contributed by atoms with Crippen LogP contribution in [0.5, 0.6) is 0 Å². The molecule has 0 atom stereocenters. The molecule has 3 heterocycles. The maximum absolute atomic E-state index is 9.40. The van der Waals surface area contributed by atoms with Crippen molar-refractivity contribution in [3.63, 3.8) is 0 Å². The van der Waals surface area contributed by atoms with E-state index in [4.69, 9.17) is 0 Å². The first-order chi connectivity index (χ1) is 14.2. The molecule has 1 aliphatic heterocycles. The number of aryl methyl sites for hydroxylation is 2. The highest BCUT2D eigenvalue weighted by Crippen LogP contribution is 2.27. The molecule has 4 rings (SSSR count). The Balaban J connectivity index is 1.26. The first kappa shape index (κ1) is 19.8. The van der Waals surface area contributed by atoms with E-state index < -0.39 is 0 Å². The zero-order chi connectivity index (χ0) is 20.2. The topological polar surface area (TPSA) is 59.0 Å². The van der Waals surface area contributed by atoms with Crippen molar-refractivity contribution < 1.29 is 0 Å². The molecule has 1 aromatic carbocycles. The molecule has 0 amide bonds. The number of hydrogen-bond acceptors (Lipinski definition) is 5. The number of fused-ring (bicyclic) bond motifs is 1. The van der Waals surface area contributed by atoms with Crippen LogP contribution in [0.25, 0.3) is 10.9 Å². The number of H-pyrrole nitrogens is 1. The van der Waals surface area contributed by atoms with Crippen molar-refractivity contribution in [1.82, 2.24) is 14.9 Å². The molecule has 0 unspecified atom stereocenters. The monoisotopic (exact) mass is 405 g/mol. The second-order valence-electron chi connectivity index (χ2n) is 7.62. The predicted octanol–water partition coefficient (Wildman–Crippen LogP) is 4.36. The molecule has 1 aliphatic rings. The first-order valence-electron chi connectivity index (χ1n) is 10.2. The van der Waals surface area contributed by atoms with E-state index >= 15 is 0 Å². The Labute approximate surface area is 176 Å². The van der Waals surface area contributed by atoms with E-state index in [1.165, 1.54) is 16.6 Å². The molecular formula is C23H27N5S. The second kappa shape index (κ2) is 8.89. The van der Waals surface area contributed by atoms with Gasteiger partial charge in [-0.1, -0.05) is 6.07 Å². The highest BCUT2D eigenvalue weighted by Gasteiger charge is 2.18. The van der Waals surface area contributed by atoms with Crippen LogP contribution in [-0.2, 0) is 0 Å². The van der Waals surface area contributed by atoms with Crippen LogP contribution in [0.2, 0.25) is 0 Å². The van der Waals surface area contributed by atoms with Crippen molar-refractivity contribution >= 4 is 28.4 Å². The Morgan fingerprint density at radius 1 is 1.17 bits per heavy atom. The molecular weight excluding hydrogens is 378 g/mol. The second-order valence-corrected chi connectivity index (χ2v) is 8.70. The average molecular weight is 406 g/mol. The Hall–Kier alpha value is -2.49. The zero-order valence-electron chi connectivity index (χ0n) is 17.1. The molecule has 150 valence electrons. The summed E-state index contributed by atoms with van der Waals surface area (Å²) in [5.74, 6) is 0.993. The van der Waals surface area contributed by atoms with Gasteiger partial charge in [0.2, 0.25) is 0 Å². The Kier molecular flexibility index (Phi) is 6.08. The van der Waals surface area contributed by atoms with Crippen LogP contribution in [0.4, 0.5) is 5.69 Å². The molecule has 2 aromatic heterocycles. The molecule has 0 saturated carbocycles. The van der Waals surface area contributed by atoms with Gasteiger partial charge < -0.3 is 9.88 Å². The third-order valence-corrected chi connectivity index (χ3v) is 6.63. The standard InChI is InChI=1S/C23H27N5S/c1-17-15-18(2)26-23(20(17)16-24)29-14-4-9-27-10-12-28(13-11-27)22-6-3-5-21-19(22)7-8-25-21/h3,5-8,15,25H,4,9-14H2,1-2H3. The molecule has 29 heavy (non-hydrogen) atoms. The number of pyridine rings is 1. The van der Waals surface area contributed by atoms with Gasteiger partial charge in [0.05, 0.1) is 5.56 Å². The van der Waals surface area contributed by atoms with E-state index in [1.807, 2.05) is 26.1 Å². The third kappa shape index (κ3) is 4.42. The molecule has 1 saturated heterocycles. The molecule has 1 fully saturated rings. The van der Waals surface area contributed by atoms with Crippen LogP contribution in [0.3, 0.4) is 0 Å². The summed E-state index contributed by atoms with van der Waals surface area (Å²) in [6.45, 7) is 9.40. The molecule has 1 N–H and O–H groups in total. The van der Waals surface area contributed by atoms with Gasteiger partial charge in [-0.15, -0.1) is 11.8 Å². The summed E-state index contributed by atoms with van der Waals surface area (Å²) < 4.78 is 0. The van der Waals surface area contributed by atoms with Gasteiger partial charge in [0.15, 0.2) is 0 Å². The SMILES string of the molecule is Cc1cc(C)c(C#N)c(SCCCN2CCN(c3cccc4[nH]ccc34)CC2)n1. The Bertz CT molecular complexity index is 1030. The van der Waals surface area contributed by atoms with Crippen molar-refractivity contribution in [2.75, 3.05) is 43.4 Å². The summed E-state index contributed by atoms with van der Waals surface area (Å²) in [6, 6.07) is 13.0. The molecule has 0 radical (unpaired) electrons. The largest absolute Gasteiger partial charge is 0.368 e. The number of benzene rings is 1. The lowest BCUT2D eigenvalue weighted by Gasteiger charge is -2.36. The number of rotatable bonds is 6. The number of aromatic amines is 1. The summed E-state index contributed by atoms with van der Waals surface area (Å²) in [4.78, 5) is 12.9. The molecule has 3 aromatic rings. The van der Waals surface area contributed by atoms with Crippen LogP contribution >= 0.6 is 11.8 Å². The maximum Gasteiger partial charge on any atom is 0.114 e. The zero-order valence-corrected chi connectivity index (χ0v) is 17.9. The molecule has 5 nitrogen and oxygen atoms in total. The first-order valence-corrected chi connectivity index (χ1v) is 11.2. The van der Waals surface area contributed by atoms with E-state index in [0.717, 1.165) is 66.7 Å². The minimum atomic E-state index is 0.730. The fourth-order valence-electron chi connectivity index (χ4n) is 4.06. The predicted molar refractivity (Wildman–Crippen MR) is 121 cm³/mol. The van der Waals surface area contributed by atoms with E-state index in [2.05, 4.69) is 50.1 Å². The van der Waals surface area contributed by atoms with Crippen LogP contribution in [0.15, 0.2) is 41.6 Å². The van der Waals surface area contributed by atoms with Crippen molar-refractivity contribution in [3.8, 4) is 6.07 Å². The Morgan fingerprint density at radius 2 is 2.00 bits per heavy atom. The summed E-state index contributed by atoms with van der Waals surface area (Å²) in [5.41, 5.74) is 5.28. The number of piperazine rings is 1. The molecule has 0 spiro atoms. The van der Waals surface area contributed by atoms with Crippen molar-refractivity contribution in [2.45, 2.75) is 25.3 Å². The number of nitrogens with zero attached hydrogens (tertiary/aromatic N) is 4. The van der Waals surface area contributed by atoms with Crippen molar-refractivity contribution in [3.05, 3.63) is 53.3 Å². The van der Waals surface area contributed by atoms with Crippen LogP contribution in [0, 0.1) is 25.2 Å². The summed E-state index contributed by atoms with van der Waals surface area (Å²) >= 11 is 1.71. The van der Waals surface area contributed by atoms with Crippen LogP contribution < -0.4 is 4.90 Å². The smallest absolute Gasteiger partial charge is 0.114 e. The van der Waals surface area contributed by atoms with Gasteiger partial charge in [0, 0.05) is 60.4 Å². The highest BCUT2D eigenvalue weighted by molar-refractivity contribution is 7.99. The van der Waals surface area contributed by atoms with Gasteiger partial charge in [-0.3, -0.25) is 4.90 Å². The quantitative estimate of drug-likeness (QED) is 0.488. The van der Waals surface area contributed by atoms with E-state index in [9.17, 15) is 5.26 Å². The minimum Gasteiger partial charge on any atom is -0.368 e. The molecule has 0 bridgehead atoms. The third-order valence-electron chi connectivity index (χ3n) is 5.57. The number of hydrogen-bond donors (Lipinski definition) is 1. The number of anilines is 1. The molecule has 0 aliphatic carbocycles. The lowest BCUT2D eigenvalue weighted by Crippen LogP contribution is -2.46. The van der Waals surface area contributed by atoms with Gasteiger partial charge in [-0.2, -0.15) is 5.26 Å². The minimum absolute atomic E-state index is 0.730. The number of nitriles is 1. The highest BCUT2D eigenvalue weighted by atomic mass is 32.2. The Morgan fingerprint density at radius 3 is 2.79 bits per heavy atom. The van der Waals surface area contributed by atoms with Gasteiger partial charge in [-0.05, 0) is 56.6 Å². The normalized spacial score (nSPS) is 15.0. The van der Waals surface area contributed by atoms with Gasteiger partial charge in [-0.25, -0.2) is 4.98 Å². The fourth-order valence-corrected chi connectivity index (χ4v) is 5.08. The lowest BCUT2D eigenvalue weighted by molar-refractivity contribution is 0.259. The number of aromatic nitrogens is 2. The van der Waals surface area contributed by atoms with E-state index in [1.54, 1.807) is 11.8 Å². The summed E-state index contributed by atoms with van der Waals surface area (Å²) in [7, 11) is 0. The van der Waals surface area contributed by atoms with Crippen molar-refractivity contribution in [2.24, 2.45) is 0 Å². The number of nitrogens with one attached hydrogen (secondary N) is 1. The van der Waals surface area contributed by atoms with Gasteiger partial charge in [0.25, 0.3) is 0 Å². The van der Waals surface area contributed by atoms with E-state index in [0.29, 0.717) is 0 Å². The van der Waals surface area contributed by atoms with E-state index in [-0.39, 0.29) is 0 Å². The van der Waals surface area contributed by atoms with Crippen LogP contribution in [-0.4, -0.2) is 53.3 Å². The lowest BCUT2D eigenvalue weighted by atomic mass is 10.1. The maximum atomic E-state index is 9.40. The van der Waals surface area contributed by atoms with Gasteiger partial charge >= 0.3 is 0 Å². The summed E-state index contributed by atoms with van der Waals surface area (Å²) in [6.07, 6.45) is 3.13. The fraction of sp³-hybridized carbons (Fsp3) is 0.391. The summed E-state index contributed by atoms with van der Waals surface area (Å²) in [5, 5.41) is 11.6. The van der Waals surface area contributed by atoms with Crippen molar-refractivity contribution in [1.29, 1.82) is 5.26 Å². The average Bonchev–Trinajstić information content (AvgIpc) is 3.20. The van der Waals surface area contributed by atoms with Crippen LogP contribution in [0.1, 0.15) is 23.2 Å². The number of thioether (sulfide) groups is 1. The van der Waals surface area contributed by atoms with Gasteiger partial charge in [0.1, 0.15) is 11.1 Å². The molecule has 6 heteroatoms.